The first-order chi connectivity index (χ1) is 8.22. The van der Waals surface area contributed by atoms with Gasteiger partial charge in [-0.15, -0.1) is 0 Å². The normalized spacial score (nSPS) is 9.94. The van der Waals surface area contributed by atoms with Crippen molar-refractivity contribution in [2.45, 2.75) is 6.54 Å². The van der Waals surface area contributed by atoms with Gasteiger partial charge in [-0.3, -0.25) is 4.68 Å². The van der Waals surface area contributed by atoms with Gasteiger partial charge in [-0.2, -0.15) is 10.4 Å². The summed E-state index contributed by atoms with van der Waals surface area (Å²) in [5.74, 6) is 0.572. The van der Waals surface area contributed by atoms with Crippen molar-refractivity contribution in [2.24, 2.45) is 0 Å². The maximum atomic E-state index is 8.87. The minimum atomic E-state index is 0.523. The van der Waals surface area contributed by atoms with Crippen LogP contribution in [0.1, 0.15) is 11.1 Å². The average molecular weight is 248 g/mol. The van der Waals surface area contributed by atoms with Crippen LogP contribution in [0, 0.1) is 11.3 Å². The molecule has 0 aliphatic carbocycles. The van der Waals surface area contributed by atoms with Crippen LogP contribution in [0.25, 0.3) is 0 Å². The molecule has 0 amide bonds. The largest absolute Gasteiger partial charge is 0.495 e. The Balaban J connectivity index is 2.25. The second kappa shape index (κ2) is 4.89. The smallest absolute Gasteiger partial charge is 0.136 e. The van der Waals surface area contributed by atoms with Gasteiger partial charge in [0.15, 0.2) is 0 Å². The number of nitrogens with zero attached hydrogens (tertiary/aromatic N) is 3. The molecule has 0 bridgehead atoms. The molecule has 17 heavy (non-hydrogen) atoms. The van der Waals surface area contributed by atoms with Crippen molar-refractivity contribution in [3.8, 4) is 11.8 Å². The van der Waals surface area contributed by atoms with E-state index in [1.165, 1.54) is 0 Å². The summed E-state index contributed by atoms with van der Waals surface area (Å²) in [5, 5.41) is 13.6. The zero-order chi connectivity index (χ0) is 12.3. The van der Waals surface area contributed by atoms with Crippen molar-refractivity contribution in [1.82, 2.24) is 9.78 Å². The van der Waals surface area contributed by atoms with Gasteiger partial charge in [0.05, 0.1) is 30.4 Å². The fourth-order valence-corrected chi connectivity index (χ4v) is 1.69. The number of rotatable bonds is 3. The van der Waals surface area contributed by atoms with Gasteiger partial charge in [0.25, 0.3) is 0 Å². The predicted molar refractivity (Wildman–Crippen MR) is 64.0 cm³/mol. The molecule has 1 aromatic carbocycles. The second-order valence-electron chi connectivity index (χ2n) is 3.50. The molecule has 2 rings (SSSR count). The van der Waals surface area contributed by atoms with E-state index in [0.717, 1.165) is 5.56 Å². The Labute approximate surface area is 104 Å². The molecule has 0 unspecified atom stereocenters. The quantitative estimate of drug-likeness (QED) is 0.837. The maximum Gasteiger partial charge on any atom is 0.136 e. The van der Waals surface area contributed by atoms with Crippen LogP contribution in [0.15, 0.2) is 30.6 Å². The standard InChI is InChI=1S/C12H10ClN3O/c1-17-12-4-9(2-3-10(12)5-14)7-16-8-11(13)6-15-16/h2-4,6,8H,7H2,1H3. The Hall–Kier alpha value is -1.99. The van der Waals surface area contributed by atoms with Gasteiger partial charge >= 0.3 is 0 Å². The third kappa shape index (κ3) is 2.58. The third-order valence-electron chi connectivity index (χ3n) is 2.33. The van der Waals surface area contributed by atoms with Crippen molar-refractivity contribution in [3.63, 3.8) is 0 Å². The molecule has 0 N–H and O–H groups in total. The van der Waals surface area contributed by atoms with Gasteiger partial charge in [0.2, 0.25) is 0 Å². The van der Waals surface area contributed by atoms with Crippen LogP contribution in [0.5, 0.6) is 5.75 Å². The molecule has 5 heteroatoms. The number of hydrogen-bond acceptors (Lipinski definition) is 3. The van der Waals surface area contributed by atoms with Crippen molar-refractivity contribution in [3.05, 3.63) is 46.7 Å². The summed E-state index contributed by atoms with van der Waals surface area (Å²) in [4.78, 5) is 0. The van der Waals surface area contributed by atoms with E-state index in [1.54, 1.807) is 30.3 Å². The lowest BCUT2D eigenvalue weighted by molar-refractivity contribution is 0.412. The van der Waals surface area contributed by atoms with Gasteiger partial charge in [0.1, 0.15) is 11.8 Å². The lowest BCUT2D eigenvalue weighted by Crippen LogP contribution is -2.00. The Bertz CT molecular complexity index is 571. The Morgan fingerprint density at radius 2 is 2.35 bits per heavy atom. The van der Waals surface area contributed by atoms with Crippen LogP contribution in [0.2, 0.25) is 5.02 Å². The molecule has 4 nitrogen and oxygen atoms in total. The lowest BCUT2D eigenvalue weighted by atomic mass is 10.1. The highest BCUT2D eigenvalue weighted by Crippen LogP contribution is 2.20. The fraction of sp³-hybridized carbons (Fsp3) is 0.167. The Kier molecular flexibility index (Phi) is 3.31. The van der Waals surface area contributed by atoms with E-state index in [-0.39, 0.29) is 0 Å². The van der Waals surface area contributed by atoms with E-state index in [2.05, 4.69) is 11.2 Å². The summed E-state index contributed by atoms with van der Waals surface area (Å²) in [5.41, 5.74) is 1.52. The van der Waals surface area contributed by atoms with Crippen LogP contribution < -0.4 is 4.74 Å². The molecule has 1 aromatic heterocycles. The number of nitriles is 1. The summed E-state index contributed by atoms with van der Waals surface area (Å²) in [6, 6.07) is 7.51. The van der Waals surface area contributed by atoms with E-state index >= 15 is 0 Å². The second-order valence-corrected chi connectivity index (χ2v) is 3.94. The molecule has 2 aromatic rings. The number of aromatic nitrogens is 2. The van der Waals surface area contributed by atoms with Crippen LogP contribution >= 0.6 is 11.6 Å². The predicted octanol–water partition coefficient (Wildman–Crippen LogP) is 2.47. The molecule has 0 spiro atoms. The molecule has 0 radical (unpaired) electrons. The zero-order valence-corrected chi connectivity index (χ0v) is 9.98. The van der Waals surface area contributed by atoms with Crippen LogP contribution in [-0.4, -0.2) is 16.9 Å². The van der Waals surface area contributed by atoms with Crippen LogP contribution in [-0.2, 0) is 6.54 Å². The van der Waals surface area contributed by atoms with Crippen molar-refractivity contribution < 1.29 is 4.74 Å². The molecule has 0 atom stereocenters. The first-order valence-corrected chi connectivity index (χ1v) is 5.35. The van der Waals surface area contributed by atoms with E-state index in [9.17, 15) is 0 Å². The molecular formula is C12H10ClN3O. The van der Waals surface area contributed by atoms with Crippen molar-refractivity contribution in [2.75, 3.05) is 7.11 Å². The molecule has 0 saturated heterocycles. The number of halogens is 1. The number of methoxy groups -OCH3 is 1. The number of ether oxygens (including phenoxy) is 1. The van der Waals surface area contributed by atoms with Crippen LogP contribution in [0.4, 0.5) is 0 Å². The molecule has 86 valence electrons. The number of hydrogen-bond donors (Lipinski definition) is 0. The molecular weight excluding hydrogens is 238 g/mol. The highest BCUT2D eigenvalue weighted by molar-refractivity contribution is 6.30. The summed E-state index contributed by atoms with van der Waals surface area (Å²) in [7, 11) is 1.55. The minimum Gasteiger partial charge on any atom is -0.495 e. The van der Waals surface area contributed by atoms with Crippen molar-refractivity contribution in [1.29, 1.82) is 5.26 Å². The van der Waals surface area contributed by atoms with E-state index in [1.807, 2.05) is 12.1 Å². The number of benzene rings is 1. The van der Waals surface area contributed by atoms with E-state index < -0.39 is 0 Å². The molecule has 0 fully saturated rings. The third-order valence-corrected chi connectivity index (χ3v) is 2.53. The minimum absolute atomic E-state index is 0.523. The van der Waals surface area contributed by atoms with Gasteiger partial charge in [-0.25, -0.2) is 0 Å². The highest BCUT2D eigenvalue weighted by atomic mass is 35.5. The highest BCUT2D eigenvalue weighted by Gasteiger charge is 2.04. The first-order valence-electron chi connectivity index (χ1n) is 4.98. The first kappa shape index (κ1) is 11.5. The molecule has 1 heterocycles. The topological polar surface area (TPSA) is 50.8 Å². The van der Waals surface area contributed by atoms with Crippen LogP contribution in [0.3, 0.4) is 0 Å². The summed E-state index contributed by atoms with van der Waals surface area (Å²) >= 11 is 5.78. The lowest BCUT2D eigenvalue weighted by Gasteiger charge is -2.06. The van der Waals surface area contributed by atoms with Crippen molar-refractivity contribution >= 4 is 11.6 Å². The SMILES string of the molecule is COc1cc(Cn2cc(Cl)cn2)ccc1C#N. The van der Waals surface area contributed by atoms with Gasteiger partial charge < -0.3 is 4.74 Å². The van der Waals surface area contributed by atoms with Gasteiger partial charge in [-0.1, -0.05) is 17.7 Å². The zero-order valence-electron chi connectivity index (χ0n) is 9.22. The monoisotopic (exact) mass is 247 g/mol. The Morgan fingerprint density at radius 1 is 1.53 bits per heavy atom. The van der Waals surface area contributed by atoms with Gasteiger partial charge in [0, 0.05) is 6.20 Å². The van der Waals surface area contributed by atoms with Gasteiger partial charge in [-0.05, 0) is 17.7 Å². The maximum absolute atomic E-state index is 8.87. The average Bonchev–Trinajstić information content (AvgIpc) is 2.74. The fourth-order valence-electron chi connectivity index (χ4n) is 1.54. The van der Waals surface area contributed by atoms with E-state index in [0.29, 0.717) is 22.9 Å². The molecule has 0 aliphatic rings. The summed E-state index contributed by atoms with van der Waals surface area (Å²) < 4.78 is 6.87. The summed E-state index contributed by atoms with van der Waals surface area (Å²) in [6.45, 7) is 0.592. The summed E-state index contributed by atoms with van der Waals surface area (Å²) in [6.07, 6.45) is 3.33. The molecule has 0 aliphatic heterocycles. The van der Waals surface area contributed by atoms with E-state index in [4.69, 9.17) is 21.6 Å². The molecule has 0 saturated carbocycles. The Morgan fingerprint density at radius 3 is 2.94 bits per heavy atom.